The summed E-state index contributed by atoms with van der Waals surface area (Å²) in [5.74, 6) is 0.878. The predicted octanol–water partition coefficient (Wildman–Crippen LogP) is 6.44. The molecule has 1 aliphatic heterocycles. The molecule has 2 N–H and O–H groups in total. The van der Waals surface area contributed by atoms with Gasteiger partial charge in [0.2, 0.25) is 0 Å². The number of carboxylic acid groups (broad SMARTS) is 1. The highest BCUT2D eigenvalue weighted by molar-refractivity contribution is 5.74. The van der Waals surface area contributed by atoms with Crippen molar-refractivity contribution < 1.29 is 19.7 Å². The zero-order valence-electron chi connectivity index (χ0n) is 22.7. The summed E-state index contributed by atoms with van der Waals surface area (Å²) in [5.41, 5.74) is -0.0885. The number of epoxide rings is 1. The van der Waals surface area contributed by atoms with E-state index in [0.29, 0.717) is 17.8 Å². The SMILES string of the molecule is CC1(C)[C@@H](O)CC[C@]2(C)[C@H]3C[C@H]4O[C@]45[C@@H]4C[C@@](C)(C(=O)O)CC[C@]4(C)CC[C@@]5(C)[C@]3(C)CC[C@@H]12. The van der Waals surface area contributed by atoms with Crippen molar-refractivity contribution in [1.82, 2.24) is 0 Å². The van der Waals surface area contributed by atoms with E-state index in [4.69, 9.17) is 4.74 Å². The fraction of sp³-hybridized carbons (Fsp3) is 0.967. The van der Waals surface area contributed by atoms with Gasteiger partial charge < -0.3 is 14.9 Å². The van der Waals surface area contributed by atoms with Gasteiger partial charge in [-0.15, -0.1) is 0 Å². The van der Waals surface area contributed by atoms with Gasteiger partial charge in [-0.2, -0.15) is 0 Å². The molecule has 6 fully saturated rings. The van der Waals surface area contributed by atoms with Crippen LogP contribution in [0.25, 0.3) is 0 Å². The van der Waals surface area contributed by atoms with Crippen molar-refractivity contribution in [3.8, 4) is 0 Å². The van der Waals surface area contributed by atoms with E-state index < -0.39 is 11.4 Å². The Morgan fingerprint density at radius 1 is 0.824 bits per heavy atom. The molecule has 1 heterocycles. The van der Waals surface area contributed by atoms with Crippen LogP contribution >= 0.6 is 0 Å². The summed E-state index contributed by atoms with van der Waals surface area (Å²) in [6.45, 7) is 16.8. The zero-order valence-corrected chi connectivity index (χ0v) is 22.7. The molecule has 1 spiro atoms. The maximum absolute atomic E-state index is 12.3. The molecular formula is C30H48O4. The van der Waals surface area contributed by atoms with E-state index in [-0.39, 0.29) is 44.9 Å². The summed E-state index contributed by atoms with van der Waals surface area (Å²) in [6, 6.07) is 0. The Bertz CT molecular complexity index is 929. The zero-order chi connectivity index (χ0) is 24.7. The summed E-state index contributed by atoms with van der Waals surface area (Å²) in [5, 5.41) is 21.1. The van der Waals surface area contributed by atoms with Crippen LogP contribution in [0.1, 0.15) is 113 Å². The fourth-order valence-electron chi connectivity index (χ4n) is 11.7. The summed E-state index contributed by atoms with van der Waals surface area (Å²) in [4.78, 5) is 12.3. The second-order valence-electron chi connectivity index (χ2n) is 15.7. The lowest BCUT2D eigenvalue weighted by atomic mass is 9.31. The Morgan fingerprint density at radius 2 is 1.50 bits per heavy atom. The number of aliphatic carboxylic acids is 1. The van der Waals surface area contributed by atoms with Gasteiger partial charge in [-0.1, -0.05) is 41.5 Å². The summed E-state index contributed by atoms with van der Waals surface area (Å²) in [7, 11) is 0. The normalized spacial score (nSPS) is 61.7. The topological polar surface area (TPSA) is 70.1 Å². The quantitative estimate of drug-likeness (QED) is 0.431. The molecule has 0 bridgehead atoms. The molecule has 0 radical (unpaired) electrons. The van der Waals surface area contributed by atoms with E-state index in [1.165, 1.54) is 25.7 Å². The summed E-state index contributed by atoms with van der Waals surface area (Å²) in [6.07, 6.45) is 10.6. The molecule has 0 unspecified atom stereocenters. The second-order valence-corrected chi connectivity index (χ2v) is 15.7. The van der Waals surface area contributed by atoms with Crippen molar-refractivity contribution in [3.05, 3.63) is 0 Å². The Hall–Kier alpha value is -0.610. The molecule has 6 rings (SSSR count). The van der Waals surface area contributed by atoms with Gasteiger partial charge in [-0.05, 0) is 111 Å². The van der Waals surface area contributed by atoms with Crippen LogP contribution in [0.3, 0.4) is 0 Å². The molecule has 0 aromatic carbocycles. The number of ether oxygens (including phenoxy) is 1. The lowest BCUT2D eigenvalue weighted by Gasteiger charge is -2.72. The Labute approximate surface area is 206 Å². The first kappa shape index (κ1) is 23.8. The first-order valence-corrected chi connectivity index (χ1v) is 14.2. The molecule has 34 heavy (non-hydrogen) atoms. The molecular weight excluding hydrogens is 424 g/mol. The highest BCUT2D eigenvalue weighted by atomic mass is 16.6. The van der Waals surface area contributed by atoms with Gasteiger partial charge in [0.15, 0.2) is 0 Å². The number of hydrogen-bond donors (Lipinski definition) is 2. The van der Waals surface area contributed by atoms with Gasteiger partial charge in [0.1, 0.15) is 5.60 Å². The third kappa shape index (κ3) is 2.42. The standard InChI is InChI=1S/C30H48O4/c1-24(2)18-8-11-28(6)19(27(18,5)10-9-21(24)31)16-22-30(34-22)20-17-26(4,23(32)33)13-12-25(20,3)14-15-29(28,30)7/h18-22,31H,8-17H2,1-7H3,(H,32,33)/t18-,19+,20+,21-,22+,25+,26-,27-,28+,29-,30+/m0/s1. The molecule has 11 atom stereocenters. The van der Waals surface area contributed by atoms with E-state index in [1.807, 2.05) is 6.92 Å². The van der Waals surface area contributed by atoms with Gasteiger partial charge in [0.05, 0.1) is 17.6 Å². The molecule has 5 saturated carbocycles. The van der Waals surface area contributed by atoms with Crippen molar-refractivity contribution in [2.45, 2.75) is 130 Å². The largest absolute Gasteiger partial charge is 0.481 e. The molecule has 0 aromatic heterocycles. The second kappa shape index (κ2) is 6.44. The molecule has 6 aliphatic rings. The van der Waals surface area contributed by atoms with Crippen LogP contribution in [0.15, 0.2) is 0 Å². The molecule has 5 aliphatic carbocycles. The lowest BCUT2D eigenvalue weighted by molar-refractivity contribution is -0.243. The molecule has 4 nitrogen and oxygen atoms in total. The molecule has 1 saturated heterocycles. The van der Waals surface area contributed by atoms with Crippen molar-refractivity contribution in [3.63, 3.8) is 0 Å². The fourth-order valence-corrected chi connectivity index (χ4v) is 11.7. The van der Waals surface area contributed by atoms with Gasteiger partial charge in [-0.25, -0.2) is 0 Å². The third-order valence-electron chi connectivity index (χ3n) is 14.3. The number of fused-ring (bicyclic) bond motifs is 5. The van der Waals surface area contributed by atoms with Crippen molar-refractivity contribution in [2.24, 2.45) is 50.2 Å². The Morgan fingerprint density at radius 3 is 2.18 bits per heavy atom. The molecule has 4 heteroatoms. The van der Waals surface area contributed by atoms with Gasteiger partial charge in [-0.3, -0.25) is 4.79 Å². The van der Waals surface area contributed by atoms with Gasteiger partial charge in [0.25, 0.3) is 0 Å². The van der Waals surface area contributed by atoms with Crippen LogP contribution in [-0.2, 0) is 9.53 Å². The van der Waals surface area contributed by atoms with Crippen molar-refractivity contribution in [1.29, 1.82) is 0 Å². The van der Waals surface area contributed by atoms with Gasteiger partial charge >= 0.3 is 5.97 Å². The van der Waals surface area contributed by atoms with E-state index in [0.717, 1.165) is 38.5 Å². The lowest BCUT2D eigenvalue weighted by Crippen LogP contribution is -2.70. The Balaban J connectivity index is 1.42. The number of hydrogen-bond acceptors (Lipinski definition) is 3. The van der Waals surface area contributed by atoms with E-state index in [1.54, 1.807) is 0 Å². The van der Waals surface area contributed by atoms with Crippen LogP contribution in [0.5, 0.6) is 0 Å². The van der Waals surface area contributed by atoms with Crippen molar-refractivity contribution >= 4 is 5.97 Å². The van der Waals surface area contributed by atoms with E-state index in [2.05, 4.69) is 41.5 Å². The predicted molar refractivity (Wildman–Crippen MR) is 132 cm³/mol. The maximum Gasteiger partial charge on any atom is 0.309 e. The number of rotatable bonds is 1. The van der Waals surface area contributed by atoms with E-state index in [9.17, 15) is 15.0 Å². The highest BCUT2D eigenvalue weighted by Gasteiger charge is 2.84. The first-order chi connectivity index (χ1) is 15.6. The number of carboxylic acids is 1. The summed E-state index contributed by atoms with van der Waals surface area (Å²) >= 11 is 0. The minimum atomic E-state index is -0.626. The van der Waals surface area contributed by atoms with E-state index >= 15 is 0 Å². The maximum atomic E-state index is 12.3. The number of carbonyl (C=O) groups is 1. The smallest absolute Gasteiger partial charge is 0.309 e. The number of aliphatic hydroxyl groups is 1. The van der Waals surface area contributed by atoms with Crippen molar-refractivity contribution in [2.75, 3.05) is 0 Å². The van der Waals surface area contributed by atoms with Crippen LogP contribution < -0.4 is 0 Å². The average molecular weight is 473 g/mol. The van der Waals surface area contributed by atoms with Crippen LogP contribution in [-0.4, -0.2) is 34.0 Å². The molecule has 192 valence electrons. The van der Waals surface area contributed by atoms with Crippen LogP contribution in [0.4, 0.5) is 0 Å². The molecule has 0 aromatic rings. The van der Waals surface area contributed by atoms with Crippen LogP contribution in [0.2, 0.25) is 0 Å². The van der Waals surface area contributed by atoms with Gasteiger partial charge in [0, 0.05) is 5.41 Å². The minimum Gasteiger partial charge on any atom is -0.481 e. The minimum absolute atomic E-state index is 0.0357. The average Bonchev–Trinajstić information content (AvgIpc) is 3.48. The number of aliphatic hydroxyl groups excluding tert-OH is 1. The Kier molecular flexibility index (Phi) is 4.50. The summed E-state index contributed by atoms with van der Waals surface area (Å²) < 4.78 is 6.99. The first-order valence-electron chi connectivity index (χ1n) is 14.2. The highest BCUT2D eigenvalue weighted by Crippen LogP contribution is 2.83. The molecule has 0 amide bonds. The monoisotopic (exact) mass is 472 g/mol. The van der Waals surface area contributed by atoms with Crippen LogP contribution in [0, 0.1) is 50.2 Å². The third-order valence-corrected chi connectivity index (χ3v) is 14.3.